The summed E-state index contributed by atoms with van der Waals surface area (Å²) in [5, 5.41) is 4.10. The van der Waals surface area contributed by atoms with Gasteiger partial charge in [0, 0.05) is 11.3 Å². The SMILES string of the molecule is Cc1[nH]c(C[P+](c2ccccc2)(c2ccccc2)c2ccccc2)nc1-c1ccccc1.Cl.[Cl-]. The predicted octanol–water partition coefficient (Wildman–Crippen LogP) is 3.31. The Hall–Kier alpha value is -2.90. The number of nitrogens with one attached hydrogen (secondary N) is 1. The van der Waals surface area contributed by atoms with Crippen LogP contribution >= 0.6 is 19.7 Å². The van der Waals surface area contributed by atoms with E-state index in [1.165, 1.54) is 15.9 Å². The van der Waals surface area contributed by atoms with Crippen molar-refractivity contribution in [3.8, 4) is 11.3 Å². The maximum atomic E-state index is 5.11. The normalized spacial score (nSPS) is 10.7. The largest absolute Gasteiger partial charge is 1.00 e. The van der Waals surface area contributed by atoms with Gasteiger partial charge < -0.3 is 17.4 Å². The number of aromatic nitrogens is 2. The zero-order valence-electron chi connectivity index (χ0n) is 18.9. The minimum absolute atomic E-state index is 0. The van der Waals surface area contributed by atoms with Gasteiger partial charge >= 0.3 is 0 Å². The zero-order chi connectivity index (χ0) is 21.8. The van der Waals surface area contributed by atoms with Gasteiger partial charge in [-0.25, -0.2) is 4.98 Å². The second kappa shape index (κ2) is 11.5. The van der Waals surface area contributed by atoms with E-state index in [-0.39, 0.29) is 24.8 Å². The summed E-state index contributed by atoms with van der Waals surface area (Å²) in [5.41, 5.74) is 3.29. The maximum absolute atomic E-state index is 5.11. The Bertz CT molecular complexity index is 1190. The van der Waals surface area contributed by atoms with Gasteiger partial charge in [-0.05, 0) is 43.3 Å². The van der Waals surface area contributed by atoms with Crippen molar-refractivity contribution in [3.05, 3.63) is 133 Å². The molecule has 1 heterocycles. The molecular formula is C29H27Cl2N2P. The Labute approximate surface area is 214 Å². The van der Waals surface area contributed by atoms with E-state index in [9.17, 15) is 0 Å². The standard InChI is InChI=1S/C29H26N2P.2ClH/c1-23-29(24-14-6-2-7-15-24)31-28(30-23)22-32(25-16-8-3-9-17-25,26-18-10-4-11-19-26)27-20-12-5-13-21-27;;/h2-21H,22H2,1H3,(H,30,31);2*1H/q+1;;/p-1. The lowest BCUT2D eigenvalue weighted by atomic mass is 10.1. The first-order valence-electron chi connectivity index (χ1n) is 10.9. The molecule has 0 amide bonds. The minimum Gasteiger partial charge on any atom is -1.00 e. The van der Waals surface area contributed by atoms with E-state index in [1.807, 2.05) is 6.07 Å². The summed E-state index contributed by atoms with van der Waals surface area (Å²) in [7, 11) is -1.97. The lowest BCUT2D eigenvalue weighted by Crippen LogP contribution is -3.00. The second-order valence-corrected chi connectivity index (χ2v) is 11.5. The number of hydrogen-bond donors (Lipinski definition) is 1. The predicted molar refractivity (Wildman–Crippen MR) is 145 cm³/mol. The van der Waals surface area contributed by atoms with Crippen LogP contribution in [0.4, 0.5) is 0 Å². The number of aryl methyl sites for hydroxylation is 1. The molecule has 0 fully saturated rings. The lowest BCUT2D eigenvalue weighted by molar-refractivity contribution is -0.00000665. The van der Waals surface area contributed by atoms with Crippen LogP contribution in [0.1, 0.15) is 11.5 Å². The van der Waals surface area contributed by atoms with Crippen molar-refractivity contribution < 1.29 is 12.4 Å². The Morgan fingerprint density at radius 3 is 1.41 bits per heavy atom. The molecule has 5 heteroatoms. The van der Waals surface area contributed by atoms with Crippen LogP contribution in [0.25, 0.3) is 11.3 Å². The van der Waals surface area contributed by atoms with Gasteiger partial charge in [0.15, 0.2) is 0 Å². The first-order valence-corrected chi connectivity index (χ1v) is 12.9. The number of nitrogens with zero attached hydrogens (tertiary/aromatic N) is 1. The number of rotatable bonds is 6. The molecule has 0 aliphatic heterocycles. The first kappa shape index (κ1) is 25.7. The quantitative estimate of drug-likeness (QED) is 0.353. The van der Waals surface area contributed by atoms with Crippen LogP contribution in [0, 0.1) is 6.92 Å². The molecule has 0 saturated carbocycles. The molecule has 0 saturated heterocycles. The number of hydrogen-bond acceptors (Lipinski definition) is 1. The van der Waals surface area contributed by atoms with Crippen LogP contribution in [0.5, 0.6) is 0 Å². The summed E-state index contributed by atoms with van der Waals surface area (Å²) in [6.07, 6.45) is 0.846. The van der Waals surface area contributed by atoms with Gasteiger partial charge in [-0.1, -0.05) is 84.9 Å². The summed E-state index contributed by atoms with van der Waals surface area (Å²) in [6.45, 7) is 2.12. The van der Waals surface area contributed by atoms with Gasteiger partial charge in [-0.15, -0.1) is 12.4 Å². The first-order chi connectivity index (χ1) is 15.8. The van der Waals surface area contributed by atoms with E-state index in [0.29, 0.717) is 0 Å². The fourth-order valence-electron chi connectivity index (χ4n) is 4.47. The van der Waals surface area contributed by atoms with Crippen LogP contribution in [-0.4, -0.2) is 9.97 Å². The molecule has 0 unspecified atom stereocenters. The summed E-state index contributed by atoms with van der Waals surface area (Å²) in [6, 6.07) is 43.3. The molecule has 2 nitrogen and oxygen atoms in total. The van der Waals surface area contributed by atoms with Crippen molar-refractivity contribution in [1.82, 2.24) is 9.97 Å². The van der Waals surface area contributed by atoms with Crippen LogP contribution in [0.15, 0.2) is 121 Å². The van der Waals surface area contributed by atoms with Gasteiger partial charge in [0.25, 0.3) is 0 Å². The monoisotopic (exact) mass is 504 g/mol. The lowest BCUT2D eigenvalue weighted by Gasteiger charge is -2.26. The van der Waals surface area contributed by atoms with E-state index in [1.54, 1.807) is 0 Å². The minimum atomic E-state index is -1.97. The second-order valence-electron chi connectivity index (χ2n) is 8.00. The highest BCUT2D eigenvalue weighted by molar-refractivity contribution is 7.95. The van der Waals surface area contributed by atoms with Gasteiger partial charge in [0.1, 0.15) is 35.2 Å². The van der Waals surface area contributed by atoms with Crippen molar-refractivity contribution in [1.29, 1.82) is 0 Å². The number of aromatic amines is 1. The fourth-order valence-corrected chi connectivity index (χ4v) is 8.55. The highest BCUT2D eigenvalue weighted by atomic mass is 35.5. The highest BCUT2D eigenvalue weighted by Crippen LogP contribution is 2.57. The molecule has 34 heavy (non-hydrogen) atoms. The Balaban J connectivity index is 0.00000162. The summed E-state index contributed by atoms with van der Waals surface area (Å²) >= 11 is 0. The van der Waals surface area contributed by atoms with E-state index in [0.717, 1.165) is 28.9 Å². The third-order valence-corrected chi connectivity index (χ3v) is 10.3. The molecule has 1 N–H and O–H groups in total. The van der Waals surface area contributed by atoms with E-state index < -0.39 is 7.26 Å². The molecule has 0 radical (unpaired) electrons. The maximum Gasteiger partial charge on any atom is 0.146 e. The van der Waals surface area contributed by atoms with Gasteiger partial charge in [0.2, 0.25) is 0 Å². The number of imidazole rings is 1. The van der Waals surface area contributed by atoms with Crippen molar-refractivity contribution in [3.63, 3.8) is 0 Å². The topological polar surface area (TPSA) is 28.7 Å². The average Bonchev–Trinajstić information content (AvgIpc) is 3.24. The fraction of sp³-hybridized carbons (Fsp3) is 0.0690. The van der Waals surface area contributed by atoms with E-state index in [4.69, 9.17) is 4.98 Å². The number of halogens is 2. The molecule has 5 rings (SSSR count). The molecule has 1 aromatic heterocycles. The zero-order valence-corrected chi connectivity index (χ0v) is 21.4. The van der Waals surface area contributed by atoms with Crippen LogP contribution < -0.4 is 28.3 Å². The molecule has 172 valence electrons. The summed E-state index contributed by atoms with van der Waals surface area (Å²) < 4.78 is 0. The summed E-state index contributed by atoms with van der Waals surface area (Å²) in [5.74, 6) is 1.03. The summed E-state index contributed by atoms with van der Waals surface area (Å²) in [4.78, 5) is 8.74. The third kappa shape index (κ3) is 4.95. The van der Waals surface area contributed by atoms with Gasteiger partial charge in [-0.2, -0.15) is 0 Å². The van der Waals surface area contributed by atoms with Crippen molar-refractivity contribution in [2.24, 2.45) is 0 Å². The number of H-pyrrole nitrogens is 1. The Kier molecular flexibility index (Phi) is 8.69. The van der Waals surface area contributed by atoms with Crippen LogP contribution in [-0.2, 0) is 6.16 Å². The molecule has 4 aromatic carbocycles. The average molecular weight is 505 g/mol. The van der Waals surface area contributed by atoms with E-state index >= 15 is 0 Å². The highest BCUT2D eigenvalue weighted by Gasteiger charge is 2.46. The molecule has 0 bridgehead atoms. The third-order valence-electron chi connectivity index (χ3n) is 5.96. The molecule has 5 aromatic rings. The Morgan fingerprint density at radius 2 is 1.00 bits per heavy atom. The van der Waals surface area contributed by atoms with Crippen molar-refractivity contribution in [2.45, 2.75) is 13.1 Å². The Morgan fingerprint density at radius 1 is 0.618 bits per heavy atom. The van der Waals surface area contributed by atoms with Crippen molar-refractivity contribution in [2.75, 3.05) is 0 Å². The van der Waals surface area contributed by atoms with Crippen molar-refractivity contribution >= 4 is 35.6 Å². The molecular weight excluding hydrogens is 478 g/mol. The molecule has 0 aliphatic carbocycles. The van der Waals surface area contributed by atoms with Crippen LogP contribution in [0.2, 0.25) is 0 Å². The van der Waals surface area contributed by atoms with Gasteiger partial charge in [0.05, 0.1) is 5.69 Å². The van der Waals surface area contributed by atoms with E-state index in [2.05, 4.69) is 127 Å². The number of benzene rings is 4. The smallest absolute Gasteiger partial charge is 0.146 e. The molecule has 0 aliphatic rings. The molecule has 0 atom stereocenters. The van der Waals surface area contributed by atoms with Gasteiger partial charge in [-0.3, -0.25) is 0 Å². The van der Waals surface area contributed by atoms with Crippen LogP contribution in [0.3, 0.4) is 0 Å². The molecule has 0 spiro atoms.